The molecule has 0 unspecified atom stereocenters. The molecule has 1 aromatic heterocycles. The summed E-state index contributed by atoms with van der Waals surface area (Å²) in [6.45, 7) is 0. The first-order valence-electron chi connectivity index (χ1n) is 7.09. The SMILES string of the molecule is CNc1cc(C2CCCC2)nc(-c2ccc(Cl)cc2)n1. The maximum Gasteiger partial charge on any atom is 0.161 e. The Balaban J connectivity index is 2.01. The summed E-state index contributed by atoms with van der Waals surface area (Å²) >= 11 is 5.94. The first-order chi connectivity index (χ1) is 9.76. The van der Waals surface area contributed by atoms with Crippen molar-refractivity contribution in [2.24, 2.45) is 0 Å². The van der Waals surface area contributed by atoms with Crippen LogP contribution < -0.4 is 5.32 Å². The van der Waals surface area contributed by atoms with E-state index in [9.17, 15) is 0 Å². The van der Waals surface area contributed by atoms with Crippen molar-refractivity contribution in [1.82, 2.24) is 9.97 Å². The molecule has 1 fully saturated rings. The summed E-state index contributed by atoms with van der Waals surface area (Å²) in [7, 11) is 1.90. The van der Waals surface area contributed by atoms with Crippen molar-refractivity contribution in [3.8, 4) is 11.4 Å². The van der Waals surface area contributed by atoms with Crippen LogP contribution in [0.15, 0.2) is 30.3 Å². The summed E-state index contributed by atoms with van der Waals surface area (Å²) in [4.78, 5) is 9.33. The maximum absolute atomic E-state index is 5.94. The fourth-order valence-electron chi connectivity index (χ4n) is 2.75. The van der Waals surface area contributed by atoms with Gasteiger partial charge in [-0.15, -0.1) is 0 Å². The largest absolute Gasteiger partial charge is 0.373 e. The maximum atomic E-state index is 5.94. The smallest absolute Gasteiger partial charge is 0.161 e. The van der Waals surface area contributed by atoms with Crippen molar-refractivity contribution in [1.29, 1.82) is 0 Å². The zero-order chi connectivity index (χ0) is 13.9. The molecule has 3 rings (SSSR count). The van der Waals surface area contributed by atoms with Crippen LogP contribution in [-0.2, 0) is 0 Å². The van der Waals surface area contributed by atoms with Crippen molar-refractivity contribution in [3.05, 3.63) is 41.0 Å². The van der Waals surface area contributed by atoms with E-state index in [1.165, 1.54) is 25.7 Å². The zero-order valence-electron chi connectivity index (χ0n) is 11.6. The Labute approximate surface area is 124 Å². The van der Waals surface area contributed by atoms with E-state index in [4.69, 9.17) is 16.6 Å². The molecule has 0 atom stereocenters. The van der Waals surface area contributed by atoms with Gasteiger partial charge in [0.05, 0.1) is 0 Å². The highest BCUT2D eigenvalue weighted by Gasteiger charge is 2.20. The van der Waals surface area contributed by atoms with Gasteiger partial charge in [0.15, 0.2) is 5.82 Å². The lowest BCUT2D eigenvalue weighted by molar-refractivity contribution is 0.696. The van der Waals surface area contributed by atoms with Crippen molar-refractivity contribution in [3.63, 3.8) is 0 Å². The van der Waals surface area contributed by atoms with Gasteiger partial charge in [0.25, 0.3) is 0 Å². The van der Waals surface area contributed by atoms with Crippen LogP contribution in [0, 0.1) is 0 Å². The molecule has 0 spiro atoms. The van der Waals surface area contributed by atoms with Crippen LogP contribution in [0.5, 0.6) is 0 Å². The molecule has 3 nitrogen and oxygen atoms in total. The number of benzene rings is 1. The molecule has 1 aliphatic rings. The molecule has 0 amide bonds. The molecule has 1 aromatic carbocycles. The van der Waals surface area contributed by atoms with Gasteiger partial charge in [0.1, 0.15) is 5.82 Å². The Morgan fingerprint density at radius 3 is 2.45 bits per heavy atom. The molecular weight excluding hydrogens is 270 g/mol. The molecule has 1 aliphatic carbocycles. The summed E-state index contributed by atoms with van der Waals surface area (Å²) in [6.07, 6.45) is 5.08. The predicted molar refractivity (Wildman–Crippen MR) is 83.2 cm³/mol. The molecule has 0 aliphatic heterocycles. The second kappa shape index (κ2) is 5.80. The third-order valence-electron chi connectivity index (χ3n) is 3.88. The first-order valence-corrected chi connectivity index (χ1v) is 7.47. The monoisotopic (exact) mass is 287 g/mol. The number of nitrogens with zero attached hydrogens (tertiary/aromatic N) is 2. The average molecular weight is 288 g/mol. The van der Waals surface area contributed by atoms with E-state index in [1.54, 1.807) is 0 Å². The highest BCUT2D eigenvalue weighted by atomic mass is 35.5. The van der Waals surface area contributed by atoms with Crippen molar-refractivity contribution >= 4 is 17.4 Å². The topological polar surface area (TPSA) is 37.8 Å². The van der Waals surface area contributed by atoms with Crippen LogP contribution in [-0.4, -0.2) is 17.0 Å². The minimum absolute atomic E-state index is 0.580. The predicted octanol–water partition coefficient (Wildman–Crippen LogP) is 4.50. The molecule has 0 radical (unpaired) electrons. The number of nitrogens with one attached hydrogen (secondary N) is 1. The van der Waals surface area contributed by atoms with E-state index < -0.39 is 0 Å². The zero-order valence-corrected chi connectivity index (χ0v) is 12.3. The van der Waals surface area contributed by atoms with Gasteiger partial charge in [0, 0.05) is 35.3 Å². The molecule has 1 heterocycles. The normalized spacial score (nSPS) is 15.5. The van der Waals surface area contributed by atoms with Crippen molar-refractivity contribution in [2.75, 3.05) is 12.4 Å². The average Bonchev–Trinajstić information content (AvgIpc) is 3.02. The van der Waals surface area contributed by atoms with Gasteiger partial charge in [-0.2, -0.15) is 0 Å². The fourth-order valence-corrected chi connectivity index (χ4v) is 2.88. The van der Waals surface area contributed by atoms with Gasteiger partial charge >= 0.3 is 0 Å². The minimum atomic E-state index is 0.580. The van der Waals surface area contributed by atoms with E-state index >= 15 is 0 Å². The Kier molecular flexibility index (Phi) is 3.88. The highest BCUT2D eigenvalue weighted by Crippen LogP contribution is 2.34. The molecule has 0 saturated heterocycles. The Morgan fingerprint density at radius 2 is 1.80 bits per heavy atom. The van der Waals surface area contributed by atoms with E-state index in [2.05, 4.69) is 16.4 Å². The van der Waals surface area contributed by atoms with Crippen LogP contribution in [0.25, 0.3) is 11.4 Å². The van der Waals surface area contributed by atoms with Gasteiger partial charge < -0.3 is 5.32 Å². The molecular formula is C16H18ClN3. The summed E-state index contributed by atoms with van der Waals surface area (Å²) in [6, 6.07) is 9.77. The van der Waals surface area contributed by atoms with Gasteiger partial charge in [-0.1, -0.05) is 24.4 Å². The van der Waals surface area contributed by atoms with Gasteiger partial charge in [-0.25, -0.2) is 9.97 Å². The Morgan fingerprint density at radius 1 is 1.10 bits per heavy atom. The molecule has 1 N–H and O–H groups in total. The van der Waals surface area contributed by atoms with E-state index in [-0.39, 0.29) is 0 Å². The van der Waals surface area contributed by atoms with E-state index in [1.807, 2.05) is 31.3 Å². The highest BCUT2D eigenvalue weighted by molar-refractivity contribution is 6.30. The number of rotatable bonds is 3. The fraction of sp³-hybridized carbons (Fsp3) is 0.375. The van der Waals surface area contributed by atoms with Crippen LogP contribution in [0.1, 0.15) is 37.3 Å². The quantitative estimate of drug-likeness (QED) is 0.903. The van der Waals surface area contributed by atoms with Gasteiger partial charge in [-0.05, 0) is 37.1 Å². The summed E-state index contributed by atoms with van der Waals surface area (Å²) in [5.74, 6) is 2.23. The van der Waals surface area contributed by atoms with Crippen LogP contribution in [0.2, 0.25) is 5.02 Å². The third kappa shape index (κ3) is 2.78. The molecule has 4 heteroatoms. The van der Waals surface area contributed by atoms with Crippen LogP contribution >= 0.6 is 11.6 Å². The lowest BCUT2D eigenvalue weighted by Crippen LogP contribution is -2.03. The molecule has 1 saturated carbocycles. The number of anilines is 1. The van der Waals surface area contributed by atoms with Gasteiger partial charge in [-0.3, -0.25) is 0 Å². The van der Waals surface area contributed by atoms with E-state index in [0.717, 1.165) is 27.9 Å². The van der Waals surface area contributed by atoms with E-state index in [0.29, 0.717) is 5.92 Å². The standard InChI is InChI=1S/C16H18ClN3/c1-18-15-10-14(11-4-2-3-5-11)19-16(20-15)12-6-8-13(17)9-7-12/h6-11H,2-5H2,1H3,(H,18,19,20). The third-order valence-corrected chi connectivity index (χ3v) is 4.13. The first kappa shape index (κ1) is 13.4. The molecule has 104 valence electrons. The number of halogens is 1. The number of hydrogen-bond donors (Lipinski definition) is 1. The number of hydrogen-bond acceptors (Lipinski definition) is 3. The Bertz CT molecular complexity index is 589. The van der Waals surface area contributed by atoms with Crippen molar-refractivity contribution < 1.29 is 0 Å². The summed E-state index contributed by atoms with van der Waals surface area (Å²) < 4.78 is 0. The van der Waals surface area contributed by atoms with Gasteiger partial charge in [0.2, 0.25) is 0 Å². The second-order valence-electron chi connectivity index (χ2n) is 5.24. The van der Waals surface area contributed by atoms with Crippen LogP contribution in [0.3, 0.4) is 0 Å². The molecule has 2 aromatic rings. The molecule has 0 bridgehead atoms. The second-order valence-corrected chi connectivity index (χ2v) is 5.68. The van der Waals surface area contributed by atoms with Crippen molar-refractivity contribution in [2.45, 2.75) is 31.6 Å². The minimum Gasteiger partial charge on any atom is -0.373 e. The Hall–Kier alpha value is -1.61. The van der Waals surface area contributed by atoms with Crippen LogP contribution in [0.4, 0.5) is 5.82 Å². The lowest BCUT2D eigenvalue weighted by atomic mass is 10.0. The summed E-state index contributed by atoms with van der Waals surface area (Å²) in [5, 5.41) is 3.87. The number of aromatic nitrogens is 2. The lowest BCUT2D eigenvalue weighted by Gasteiger charge is -2.12. The summed E-state index contributed by atoms with van der Waals surface area (Å²) in [5.41, 5.74) is 2.16. The molecule has 20 heavy (non-hydrogen) atoms.